The second-order valence-corrected chi connectivity index (χ2v) is 7.19. The van der Waals surface area contributed by atoms with E-state index < -0.39 is 22.6 Å². The minimum absolute atomic E-state index is 0.126. The summed E-state index contributed by atoms with van der Waals surface area (Å²) in [5.74, 6) is -1.35. The van der Waals surface area contributed by atoms with Crippen molar-refractivity contribution in [2.45, 2.75) is 0 Å². The van der Waals surface area contributed by atoms with Gasteiger partial charge in [0.05, 0.1) is 27.3 Å². The Morgan fingerprint density at radius 1 is 0.938 bits per heavy atom. The number of H-pyrrole nitrogens is 1. The Hall–Kier alpha value is -4.79. The molecule has 0 saturated heterocycles. The van der Waals surface area contributed by atoms with Crippen LogP contribution in [0.5, 0.6) is 0 Å². The van der Waals surface area contributed by atoms with Crippen molar-refractivity contribution in [2.75, 3.05) is 10.2 Å². The number of hydrogen-bond acceptors (Lipinski definition) is 5. The maximum absolute atomic E-state index is 12.9. The Labute approximate surface area is 180 Å². The second-order valence-electron chi connectivity index (χ2n) is 7.19. The van der Waals surface area contributed by atoms with E-state index in [0.29, 0.717) is 33.4 Å². The zero-order valence-corrected chi connectivity index (χ0v) is 16.4. The van der Waals surface area contributed by atoms with Crippen molar-refractivity contribution in [2.24, 2.45) is 0 Å². The van der Waals surface area contributed by atoms with E-state index in [1.54, 1.807) is 42.5 Å². The maximum atomic E-state index is 12.9. The number of nitro groups is 1. The second kappa shape index (κ2) is 7.17. The highest BCUT2D eigenvalue weighted by Crippen LogP contribution is 2.30. The van der Waals surface area contributed by atoms with Crippen molar-refractivity contribution in [3.05, 3.63) is 99.7 Å². The van der Waals surface area contributed by atoms with E-state index in [1.807, 2.05) is 0 Å². The largest absolute Gasteiger partial charge is 0.360 e. The fraction of sp³-hybridized carbons (Fsp3) is 0. The zero-order chi connectivity index (χ0) is 22.4. The van der Waals surface area contributed by atoms with Gasteiger partial charge in [0.2, 0.25) is 0 Å². The molecule has 0 bridgehead atoms. The molecule has 1 aromatic heterocycles. The van der Waals surface area contributed by atoms with E-state index in [2.05, 4.69) is 10.3 Å². The number of fused-ring (bicyclic) bond motifs is 2. The van der Waals surface area contributed by atoms with Gasteiger partial charge in [0.15, 0.2) is 0 Å². The first-order chi connectivity index (χ1) is 15.4. The van der Waals surface area contributed by atoms with Crippen LogP contribution in [0.15, 0.2) is 72.9 Å². The molecule has 0 fully saturated rings. The van der Waals surface area contributed by atoms with Crippen molar-refractivity contribution >= 4 is 45.7 Å². The van der Waals surface area contributed by atoms with Gasteiger partial charge in [0, 0.05) is 34.9 Å². The monoisotopic (exact) mass is 426 g/mol. The molecule has 0 atom stereocenters. The van der Waals surface area contributed by atoms with Crippen molar-refractivity contribution in [3.63, 3.8) is 0 Å². The molecular weight excluding hydrogens is 412 g/mol. The van der Waals surface area contributed by atoms with Gasteiger partial charge < -0.3 is 10.3 Å². The average molecular weight is 426 g/mol. The van der Waals surface area contributed by atoms with Crippen LogP contribution in [0.4, 0.5) is 17.1 Å². The van der Waals surface area contributed by atoms with Gasteiger partial charge in [-0.05, 0) is 36.4 Å². The van der Waals surface area contributed by atoms with Gasteiger partial charge in [-0.1, -0.05) is 18.2 Å². The number of non-ortho nitro benzene ring substituents is 1. The number of carbonyl (C=O) groups excluding carboxylic acids is 3. The summed E-state index contributed by atoms with van der Waals surface area (Å²) < 4.78 is 0. The summed E-state index contributed by atoms with van der Waals surface area (Å²) in [5, 5.41) is 14.2. The van der Waals surface area contributed by atoms with Crippen LogP contribution in [-0.4, -0.2) is 27.6 Å². The molecule has 0 radical (unpaired) electrons. The molecule has 3 amide bonds. The van der Waals surface area contributed by atoms with Crippen LogP contribution >= 0.6 is 0 Å². The number of aromatic nitrogens is 1. The summed E-state index contributed by atoms with van der Waals surface area (Å²) in [4.78, 5) is 52.8. The van der Waals surface area contributed by atoms with Crippen LogP contribution in [0.2, 0.25) is 0 Å². The normalized spacial score (nSPS) is 12.8. The Morgan fingerprint density at radius 2 is 1.66 bits per heavy atom. The minimum atomic E-state index is -0.528. The first-order valence-corrected chi connectivity index (χ1v) is 9.59. The van der Waals surface area contributed by atoms with Crippen LogP contribution in [0.3, 0.4) is 0 Å². The topological polar surface area (TPSA) is 125 Å². The smallest absolute Gasteiger partial charge is 0.270 e. The molecule has 1 aliphatic heterocycles. The van der Waals surface area contributed by atoms with Gasteiger partial charge >= 0.3 is 0 Å². The Balaban J connectivity index is 1.44. The molecule has 0 saturated carbocycles. The SMILES string of the molecule is O=C(Nc1cccc(N2C(=O)c3ccccc3C2=O)c1)c1c[nH]c2ccc([N+](=O)[O-])cc12. The molecule has 2 N–H and O–H groups in total. The third-order valence-electron chi connectivity index (χ3n) is 5.28. The molecular formula is C23H14N4O5. The van der Waals surface area contributed by atoms with E-state index in [9.17, 15) is 24.5 Å². The summed E-state index contributed by atoms with van der Waals surface area (Å²) in [5.41, 5.74) is 2.03. The van der Waals surface area contributed by atoms with E-state index in [-0.39, 0.29) is 11.3 Å². The summed E-state index contributed by atoms with van der Waals surface area (Å²) in [6.07, 6.45) is 1.47. The molecule has 2 heterocycles. The molecule has 3 aromatic carbocycles. The first-order valence-electron chi connectivity index (χ1n) is 9.59. The number of carbonyl (C=O) groups is 3. The number of imide groups is 1. The van der Waals surface area contributed by atoms with Crippen molar-refractivity contribution in [3.8, 4) is 0 Å². The number of nitrogens with one attached hydrogen (secondary N) is 2. The summed E-state index contributed by atoms with van der Waals surface area (Å²) >= 11 is 0. The number of benzene rings is 3. The lowest BCUT2D eigenvalue weighted by atomic mass is 10.1. The van der Waals surface area contributed by atoms with Crippen LogP contribution in [0.1, 0.15) is 31.1 Å². The molecule has 156 valence electrons. The maximum Gasteiger partial charge on any atom is 0.270 e. The molecule has 0 unspecified atom stereocenters. The predicted molar refractivity (Wildman–Crippen MR) is 117 cm³/mol. The summed E-state index contributed by atoms with van der Waals surface area (Å²) in [7, 11) is 0. The van der Waals surface area contributed by atoms with E-state index in [0.717, 1.165) is 4.90 Å². The van der Waals surface area contributed by atoms with Crippen molar-refractivity contribution in [1.29, 1.82) is 0 Å². The molecule has 32 heavy (non-hydrogen) atoms. The number of rotatable bonds is 4. The molecule has 9 nitrogen and oxygen atoms in total. The highest BCUT2D eigenvalue weighted by atomic mass is 16.6. The lowest BCUT2D eigenvalue weighted by molar-refractivity contribution is -0.384. The average Bonchev–Trinajstić information content (AvgIpc) is 3.33. The Bertz CT molecular complexity index is 1420. The number of nitro benzene ring substituents is 1. The molecule has 1 aliphatic rings. The quantitative estimate of drug-likeness (QED) is 0.288. The molecule has 4 aromatic rings. The highest BCUT2D eigenvalue weighted by molar-refractivity contribution is 6.34. The number of anilines is 2. The van der Waals surface area contributed by atoms with Gasteiger partial charge in [-0.3, -0.25) is 24.5 Å². The van der Waals surface area contributed by atoms with Crippen molar-refractivity contribution < 1.29 is 19.3 Å². The minimum Gasteiger partial charge on any atom is -0.360 e. The van der Waals surface area contributed by atoms with Crippen LogP contribution < -0.4 is 10.2 Å². The van der Waals surface area contributed by atoms with E-state index in [4.69, 9.17) is 0 Å². The van der Waals surface area contributed by atoms with Crippen molar-refractivity contribution in [1.82, 2.24) is 4.98 Å². The lowest BCUT2D eigenvalue weighted by Crippen LogP contribution is -2.29. The van der Waals surface area contributed by atoms with Crippen LogP contribution in [0.25, 0.3) is 10.9 Å². The van der Waals surface area contributed by atoms with Crippen LogP contribution in [0, 0.1) is 10.1 Å². The van der Waals surface area contributed by atoms with Gasteiger partial charge in [-0.15, -0.1) is 0 Å². The number of nitrogens with zero attached hydrogens (tertiary/aromatic N) is 2. The fourth-order valence-electron chi connectivity index (χ4n) is 3.75. The standard InChI is InChI=1S/C23H14N4O5/c28-21(19-12-24-20-9-8-15(27(31)32)11-18(19)20)25-13-4-3-5-14(10-13)26-22(29)16-6-1-2-7-17(16)23(26)30/h1-12,24H,(H,25,28). The molecule has 5 rings (SSSR count). The predicted octanol–water partition coefficient (Wildman–Crippen LogP) is 4.13. The lowest BCUT2D eigenvalue weighted by Gasteiger charge is -2.15. The highest BCUT2D eigenvalue weighted by Gasteiger charge is 2.36. The Morgan fingerprint density at radius 3 is 2.34 bits per heavy atom. The number of amides is 3. The molecule has 0 aliphatic carbocycles. The Kier molecular flexibility index (Phi) is 4.30. The van der Waals surface area contributed by atoms with E-state index in [1.165, 1.54) is 30.5 Å². The zero-order valence-electron chi connectivity index (χ0n) is 16.4. The fourth-order valence-corrected chi connectivity index (χ4v) is 3.75. The number of aromatic amines is 1. The first kappa shape index (κ1) is 19.2. The molecule has 9 heteroatoms. The third-order valence-corrected chi connectivity index (χ3v) is 5.28. The number of hydrogen-bond donors (Lipinski definition) is 2. The van der Waals surface area contributed by atoms with Gasteiger partial charge in [-0.25, -0.2) is 4.90 Å². The summed E-state index contributed by atoms with van der Waals surface area (Å²) in [6.45, 7) is 0. The van der Waals surface area contributed by atoms with Gasteiger partial charge in [0.1, 0.15) is 0 Å². The summed E-state index contributed by atoms with van der Waals surface area (Å²) in [6, 6.07) is 17.2. The molecule has 0 spiro atoms. The van der Waals surface area contributed by atoms with E-state index >= 15 is 0 Å². The van der Waals surface area contributed by atoms with Crippen LogP contribution in [-0.2, 0) is 0 Å². The van der Waals surface area contributed by atoms with Gasteiger partial charge in [-0.2, -0.15) is 0 Å². The third kappa shape index (κ3) is 3.00. The van der Waals surface area contributed by atoms with Gasteiger partial charge in [0.25, 0.3) is 23.4 Å².